The van der Waals surface area contributed by atoms with Crippen LogP contribution in [0.1, 0.15) is 66.7 Å². The summed E-state index contributed by atoms with van der Waals surface area (Å²) >= 11 is 0. The first-order valence-electron chi connectivity index (χ1n) is 13.2. The molecular formula is C30H41N5O2. The van der Waals surface area contributed by atoms with Crippen LogP contribution in [0.2, 0.25) is 0 Å². The van der Waals surface area contributed by atoms with Crippen molar-refractivity contribution in [1.29, 1.82) is 0 Å². The number of anilines is 1. The molecule has 0 unspecified atom stereocenters. The number of benzene rings is 2. The topological polar surface area (TPSA) is 83.2 Å². The SMILES string of the molecule is CN=CC(=CN)c1cc(OC(C)C)cc([C@@H](C)NC(=O)c2cc(N3C[C@H]4CC[C@@H](C3)N4C)ccc2C)c1. The second kappa shape index (κ2) is 11.4. The van der Waals surface area contributed by atoms with E-state index in [0.29, 0.717) is 17.6 Å². The van der Waals surface area contributed by atoms with Gasteiger partial charge in [0.2, 0.25) is 0 Å². The van der Waals surface area contributed by atoms with Crippen LogP contribution in [0.5, 0.6) is 5.75 Å². The molecule has 2 fully saturated rings. The fourth-order valence-electron chi connectivity index (χ4n) is 5.47. The quantitative estimate of drug-likeness (QED) is 0.516. The lowest BCUT2D eigenvalue weighted by Crippen LogP contribution is -2.52. The number of piperazine rings is 1. The standard InChI is InChI=1S/C30H41N5O2/c1-19(2)37-28-12-22(11-23(13-28)24(15-31)16-32-5)21(4)33-30(36)29-14-25(8-7-20(29)3)35-17-26-9-10-27(18-35)34(26)6/h7-8,11-16,19,21,26-27H,9-10,17-18,31H2,1-6H3,(H,33,36)/t21-,26-,27+/m1/s1. The Morgan fingerprint density at radius 3 is 2.46 bits per heavy atom. The normalized spacial score (nSPS) is 21.1. The highest BCUT2D eigenvalue weighted by molar-refractivity contribution is 6.09. The smallest absolute Gasteiger partial charge is 0.252 e. The average molecular weight is 504 g/mol. The molecule has 2 aliphatic rings. The molecule has 37 heavy (non-hydrogen) atoms. The Bertz CT molecular complexity index is 1170. The first-order valence-corrected chi connectivity index (χ1v) is 13.2. The molecule has 0 spiro atoms. The van der Waals surface area contributed by atoms with Gasteiger partial charge in [0, 0.05) is 61.5 Å². The number of amides is 1. The number of nitrogens with two attached hydrogens (primary N) is 1. The molecule has 3 atom stereocenters. The number of rotatable bonds is 8. The number of aliphatic imine (C=N–C) groups is 1. The molecule has 0 saturated carbocycles. The third kappa shape index (κ3) is 5.99. The first-order chi connectivity index (χ1) is 17.7. The molecule has 2 saturated heterocycles. The van der Waals surface area contributed by atoms with E-state index >= 15 is 0 Å². The number of ether oxygens (including phenoxy) is 1. The molecule has 7 nitrogen and oxygen atoms in total. The molecule has 198 valence electrons. The Balaban J connectivity index is 1.56. The molecule has 0 radical (unpaired) electrons. The van der Waals surface area contributed by atoms with E-state index in [0.717, 1.165) is 46.8 Å². The van der Waals surface area contributed by atoms with Gasteiger partial charge in [0.05, 0.1) is 12.1 Å². The third-order valence-electron chi connectivity index (χ3n) is 7.61. The summed E-state index contributed by atoms with van der Waals surface area (Å²) in [6, 6.07) is 13.2. The number of nitrogens with one attached hydrogen (secondary N) is 1. The molecule has 3 N–H and O–H groups in total. The van der Waals surface area contributed by atoms with Gasteiger partial charge in [-0.05, 0) is 94.6 Å². The van der Waals surface area contributed by atoms with E-state index in [9.17, 15) is 4.79 Å². The second-order valence-corrected chi connectivity index (χ2v) is 10.6. The van der Waals surface area contributed by atoms with Gasteiger partial charge in [0.15, 0.2) is 0 Å². The molecule has 0 aromatic heterocycles. The van der Waals surface area contributed by atoms with Crippen LogP contribution in [0, 0.1) is 6.92 Å². The van der Waals surface area contributed by atoms with Gasteiger partial charge in [-0.15, -0.1) is 0 Å². The van der Waals surface area contributed by atoms with Crippen molar-refractivity contribution in [3.8, 4) is 5.75 Å². The monoisotopic (exact) mass is 503 g/mol. The van der Waals surface area contributed by atoms with Crippen molar-refractivity contribution in [2.75, 3.05) is 32.1 Å². The first kappa shape index (κ1) is 26.7. The van der Waals surface area contributed by atoms with Gasteiger partial charge in [-0.2, -0.15) is 0 Å². The minimum Gasteiger partial charge on any atom is -0.491 e. The van der Waals surface area contributed by atoms with Gasteiger partial charge in [0.25, 0.3) is 5.91 Å². The van der Waals surface area contributed by atoms with Crippen LogP contribution in [-0.4, -0.2) is 62.4 Å². The average Bonchev–Trinajstić information content (AvgIpc) is 3.06. The third-order valence-corrected chi connectivity index (χ3v) is 7.61. The Morgan fingerprint density at radius 2 is 1.84 bits per heavy atom. The van der Waals surface area contributed by atoms with Crippen molar-refractivity contribution in [2.45, 2.75) is 64.8 Å². The van der Waals surface area contributed by atoms with E-state index in [-0.39, 0.29) is 18.1 Å². The number of allylic oxidation sites excluding steroid dienone is 1. The molecule has 0 aliphatic carbocycles. The van der Waals surface area contributed by atoms with Crippen molar-refractivity contribution in [3.05, 3.63) is 64.9 Å². The van der Waals surface area contributed by atoms with Crippen molar-refractivity contribution in [1.82, 2.24) is 10.2 Å². The van der Waals surface area contributed by atoms with Crippen LogP contribution in [-0.2, 0) is 0 Å². The van der Waals surface area contributed by atoms with Crippen LogP contribution in [0.25, 0.3) is 5.57 Å². The fourth-order valence-corrected chi connectivity index (χ4v) is 5.47. The van der Waals surface area contributed by atoms with Crippen LogP contribution < -0.4 is 20.7 Å². The zero-order chi connectivity index (χ0) is 26.7. The molecular weight excluding hydrogens is 462 g/mol. The van der Waals surface area contributed by atoms with Gasteiger partial charge in [-0.3, -0.25) is 14.7 Å². The number of nitrogens with zero attached hydrogens (tertiary/aromatic N) is 3. The van der Waals surface area contributed by atoms with Crippen molar-refractivity contribution in [2.24, 2.45) is 10.7 Å². The minimum absolute atomic E-state index is 0.0216. The summed E-state index contributed by atoms with van der Waals surface area (Å²) in [5.74, 6) is 0.653. The van der Waals surface area contributed by atoms with Crippen molar-refractivity contribution >= 4 is 23.4 Å². The molecule has 2 aromatic carbocycles. The Morgan fingerprint density at radius 1 is 1.14 bits per heavy atom. The van der Waals surface area contributed by atoms with Crippen molar-refractivity contribution in [3.63, 3.8) is 0 Å². The molecule has 4 rings (SSSR count). The predicted molar refractivity (Wildman–Crippen MR) is 153 cm³/mol. The Labute approximate surface area is 221 Å². The molecule has 1 amide bonds. The molecule has 2 bridgehead atoms. The van der Waals surface area contributed by atoms with E-state index in [2.05, 4.69) is 45.4 Å². The predicted octanol–water partition coefficient (Wildman–Crippen LogP) is 4.56. The number of fused-ring (bicyclic) bond motifs is 2. The molecule has 2 aromatic rings. The number of hydrogen-bond acceptors (Lipinski definition) is 6. The van der Waals surface area contributed by atoms with Crippen LogP contribution >= 0.6 is 0 Å². The summed E-state index contributed by atoms with van der Waals surface area (Å²) in [4.78, 5) is 22.6. The summed E-state index contributed by atoms with van der Waals surface area (Å²) in [5.41, 5.74) is 11.3. The van der Waals surface area contributed by atoms with Gasteiger partial charge in [-0.25, -0.2) is 0 Å². The highest BCUT2D eigenvalue weighted by Crippen LogP contribution is 2.32. The van der Waals surface area contributed by atoms with Gasteiger partial charge in [-0.1, -0.05) is 6.07 Å². The highest BCUT2D eigenvalue weighted by Gasteiger charge is 2.37. The number of carbonyl (C=O) groups is 1. The maximum absolute atomic E-state index is 13.5. The maximum Gasteiger partial charge on any atom is 0.252 e. The van der Waals surface area contributed by atoms with E-state index < -0.39 is 0 Å². The summed E-state index contributed by atoms with van der Waals surface area (Å²) < 4.78 is 6.01. The summed E-state index contributed by atoms with van der Waals surface area (Å²) in [6.45, 7) is 9.99. The lowest BCUT2D eigenvalue weighted by atomic mass is 9.99. The fraction of sp³-hybridized carbons (Fsp3) is 0.467. The van der Waals surface area contributed by atoms with Crippen LogP contribution in [0.4, 0.5) is 5.69 Å². The number of hydrogen-bond donors (Lipinski definition) is 2. The summed E-state index contributed by atoms with van der Waals surface area (Å²) in [5, 5.41) is 3.21. The number of likely N-dealkylation sites (N-methyl/N-ethyl adjacent to an activating group) is 1. The van der Waals surface area contributed by atoms with E-state index in [1.54, 1.807) is 13.3 Å². The second-order valence-electron chi connectivity index (χ2n) is 10.6. The van der Waals surface area contributed by atoms with Gasteiger partial charge < -0.3 is 20.7 Å². The lowest BCUT2D eigenvalue weighted by molar-refractivity contribution is 0.0939. The Kier molecular flexibility index (Phi) is 8.22. The lowest BCUT2D eigenvalue weighted by Gasteiger charge is -2.40. The maximum atomic E-state index is 13.5. The van der Waals surface area contributed by atoms with Gasteiger partial charge >= 0.3 is 0 Å². The minimum atomic E-state index is -0.234. The van der Waals surface area contributed by atoms with Crippen molar-refractivity contribution < 1.29 is 9.53 Å². The van der Waals surface area contributed by atoms with E-state index in [1.165, 1.54) is 19.0 Å². The molecule has 2 heterocycles. The number of aryl methyl sites for hydroxylation is 1. The largest absolute Gasteiger partial charge is 0.491 e. The Hall–Kier alpha value is -3.32. The zero-order valence-electron chi connectivity index (χ0n) is 23.0. The zero-order valence-corrected chi connectivity index (χ0v) is 23.0. The van der Waals surface area contributed by atoms with E-state index in [1.807, 2.05) is 45.9 Å². The highest BCUT2D eigenvalue weighted by atomic mass is 16.5. The number of carbonyl (C=O) groups excluding carboxylic acids is 1. The van der Waals surface area contributed by atoms with Gasteiger partial charge in [0.1, 0.15) is 5.75 Å². The van der Waals surface area contributed by atoms with Crippen LogP contribution in [0.15, 0.2) is 47.6 Å². The van der Waals surface area contributed by atoms with E-state index in [4.69, 9.17) is 10.5 Å². The molecule has 7 heteroatoms. The summed E-state index contributed by atoms with van der Waals surface area (Å²) in [6.07, 6.45) is 5.78. The van der Waals surface area contributed by atoms with Crippen LogP contribution in [0.3, 0.4) is 0 Å². The summed E-state index contributed by atoms with van der Waals surface area (Å²) in [7, 11) is 3.95. The molecule has 2 aliphatic heterocycles.